The van der Waals surface area contributed by atoms with Crippen molar-refractivity contribution in [1.82, 2.24) is 19.3 Å². The Balaban J connectivity index is 1.49. The first kappa shape index (κ1) is 25.5. The molecule has 2 aliphatic rings. The monoisotopic (exact) mass is 519 g/mol. The Kier molecular flexibility index (Phi) is 6.90. The number of ether oxygens (including phenoxy) is 1. The summed E-state index contributed by atoms with van der Waals surface area (Å²) in [5.74, 6) is -1.05. The van der Waals surface area contributed by atoms with Crippen LogP contribution >= 0.6 is 0 Å². The number of rotatable bonds is 6. The molecular weight excluding hydrogens is 494 g/mol. The number of nitrogens with zero attached hydrogens (tertiary/aromatic N) is 4. The van der Waals surface area contributed by atoms with Crippen LogP contribution in [-0.2, 0) is 16.2 Å². The summed E-state index contributed by atoms with van der Waals surface area (Å²) in [7, 11) is -3.99. The number of aromatic nitrogens is 3. The largest absolute Gasteiger partial charge is 0.471 e. The van der Waals surface area contributed by atoms with Gasteiger partial charge in [-0.15, -0.1) is 0 Å². The van der Waals surface area contributed by atoms with E-state index in [1.165, 1.54) is 25.3 Å². The highest BCUT2D eigenvalue weighted by Gasteiger charge is 2.43. The maximum Gasteiger partial charge on any atom is 0.423 e. The fraction of sp³-hybridized carbons (Fsp3) is 0.571. The Labute approximate surface area is 199 Å². The third-order valence-corrected chi connectivity index (χ3v) is 8.00. The molecule has 0 spiro atoms. The van der Waals surface area contributed by atoms with Crippen molar-refractivity contribution in [3.05, 3.63) is 36.2 Å². The molecule has 1 saturated carbocycles. The molecule has 2 unspecified atom stereocenters. The molecule has 14 heteroatoms. The lowest BCUT2D eigenvalue weighted by Gasteiger charge is -2.34. The van der Waals surface area contributed by atoms with Crippen LogP contribution in [0.1, 0.15) is 38.2 Å². The van der Waals surface area contributed by atoms with Crippen LogP contribution in [0, 0.1) is 0 Å². The molecule has 2 N–H and O–H groups in total. The van der Waals surface area contributed by atoms with E-state index in [4.69, 9.17) is 4.74 Å². The average molecular weight is 520 g/mol. The molecule has 2 aromatic heterocycles. The van der Waals surface area contributed by atoms with Crippen molar-refractivity contribution in [3.63, 3.8) is 0 Å². The molecule has 4 atom stereocenters. The normalized spacial score (nSPS) is 28.1. The Morgan fingerprint density at radius 1 is 1.26 bits per heavy atom. The van der Waals surface area contributed by atoms with Crippen LogP contribution in [0.4, 0.5) is 23.5 Å². The van der Waals surface area contributed by atoms with Gasteiger partial charge in [0.25, 0.3) is 10.0 Å². The van der Waals surface area contributed by atoms with Crippen LogP contribution in [0.3, 0.4) is 0 Å². The summed E-state index contributed by atoms with van der Waals surface area (Å²) in [5, 5.41) is 12.8. The van der Waals surface area contributed by atoms with E-state index in [0.717, 1.165) is 4.31 Å². The maximum atomic E-state index is 14.9. The minimum atomic E-state index is -4.80. The first-order valence-corrected chi connectivity index (χ1v) is 12.5. The van der Waals surface area contributed by atoms with Gasteiger partial charge in [0.2, 0.25) is 11.8 Å². The van der Waals surface area contributed by atoms with Gasteiger partial charge in [-0.05, 0) is 44.7 Å². The van der Waals surface area contributed by atoms with Crippen LogP contribution in [0.2, 0.25) is 0 Å². The Morgan fingerprint density at radius 2 is 2.03 bits per heavy atom. The van der Waals surface area contributed by atoms with Gasteiger partial charge in [-0.2, -0.15) is 22.5 Å². The Bertz CT molecular complexity index is 1150. The van der Waals surface area contributed by atoms with Gasteiger partial charge >= 0.3 is 6.18 Å². The van der Waals surface area contributed by atoms with Gasteiger partial charge in [-0.3, -0.25) is 0 Å². The molecule has 2 aromatic rings. The highest BCUT2D eigenvalue weighted by molar-refractivity contribution is 7.89. The van der Waals surface area contributed by atoms with Gasteiger partial charge < -0.3 is 15.2 Å². The highest BCUT2D eigenvalue weighted by atomic mass is 32.2. The van der Waals surface area contributed by atoms with Gasteiger partial charge in [-0.25, -0.2) is 22.8 Å². The number of aliphatic hydroxyl groups is 1. The topological polar surface area (TPSA) is 118 Å². The molecule has 4 rings (SSSR count). The fourth-order valence-electron chi connectivity index (χ4n) is 4.21. The zero-order valence-corrected chi connectivity index (χ0v) is 19.6. The first-order valence-electron chi connectivity index (χ1n) is 11.0. The van der Waals surface area contributed by atoms with E-state index in [2.05, 4.69) is 20.3 Å². The summed E-state index contributed by atoms with van der Waals surface area (Å²) in [5.41, 5.74) is -2.52. The molecule has 0 amide bonds. The third kappa shape index (κ3) is 5.48. The van der Waals surface area contributed by atoms with Crippen LogP contribution in [0.5, 0.6) is 5.88 Å². The van der Waals surface area contributed by atoms with Crippen LogP contribution in [-0.4, -0.2) is 69.8 Å². The lowest BCUT2D eigenvalue weighted by molar-refractivity contribution is -0.141. The summed E-state index contributed by atoms with van der Waals surface area (Å²) < 4.78 is 87.3. The number of hydrogen-bond acceptors (Lipinski definition) is 8. The molecule has 192 valence electrons. The summed E-state index contributed by atoms with van der Waals surface area (Å²) >= 11 is 0. The number of anilines is 1. The van der Waals surface area contributed by atoms with E-state index < -0.39 is 58.1 Å². The van der Waals surface area contributed by atoms with E-state index in [9.17, 15) is 31.1 Å². The lowest BCUT2D eigenvalue weighted by Crippen LogP contribution is -2.50. The molecule has 2 fully saturated rings. The number of sulfonamides is 1. The zero-order chi connectivity index (χ0) is 25.4. The molecule has 35 heavy (non-hydrogen) atoms. The molecule has 1 saturated heterocycles. The molecule has 0 bridgehead atoms. The molecule has 3 heterocycles. The molecule has 1 aliphatic heterocycles. The van der Waals surface area contributed by atoms with Crippen molar-refractivity contribution in [2.45, 2.75) is 67.7 Å². The SMILES string of the molecule is CC1(O)CCCC1Oc1nc(N[C@H]2CCN(S(=O)(=O)c3ccccn3)C[C@H]2F)ncc1C(F)(F)F. The van der Waals surface area contributed by atoms with Gasteiger partial charge in [-0.1, -0.05) is 6.07 Å². The lowest BCUT2D eigenvalue weighted by atomic mass is 10.0. The predicted octanol–water partition coefficient (Wildman–Crippen LogP) is 2.79. The van der Waals surface area contributed by atoms with Crippen molar-refractivity contribution < 1.29 is 35.8 Å². The predicted molar refractivity (Wildman–Crippen MR) is 116 cm³/mol. The van der Waals surface area contributed by atoms with Crippen molar-refractivity contribution in [1.29, 1.82) is 0 Å². The van der Waals surface area contributed by atoms with Gasteiger partial charge in [0.1, 0.15) is 17.8 Å². The number of halogens is 4. The number of nitrogens with one attached hydrogen (secondary N) is 1. The van der Waals surface area contributed by atoms with Crippen molar-refractivity contribution >= 4 is 16.0 Å². The molecular formula is C21H25F4N5O4S. The second kappa shape index (κ2) is 9.47. The summed E-state index contributed by atoms with van der Waals surface area (Å²) in [6, 6.07) is 3.44. The number of alkyl halides is 4. The van der Waals surface area contributed by atoms with Gasteiger partial charge in [0, 0.05) is 25.5 Å². The average Bonchev–Trinajstić information content (AvgIpc) is 3.12. The molecule has 9 nitrogen and oxygen atoms in total. The van der Waals surface area contributed by atoms with Crippen LogP contribution < -0.4 is 10.1 Å². The van der Waals surface area contributed by atoms with Crippen molar-refractivity contribution in [3.8, 4) is 5.88 Å². The van der Waals surface area contributed by atoms with Gasteiger partial charge in [0.05, 0.1) is 11.6 Å². The fourth-order valence-corrected chi connectivity index (χ4v) is 5.61. The Morgan fingerprint density at radius 3 is 2.63 bits per heavy atom. The van der Waals surface area contributed by atoms with Crippen LogP contribution in [0.25, 0.3) is 0 Å². The zero-order valence-electron chi connectivity index (χ0n) is 18.7. The Hall–Kier alpha value is -2.58. The summed E-state index contributed by atoms with van der Waals surface area (Å²) in [4.78, 5) is 11.3. The molecule has 1 aliphatic carbocycles. The molecule has 0 radical (unpaired) electrons. The van der Waals surface area contributed by atoms with E-state index in [-0.39, 0.29) is 23.9 Å². The minimum Gasteiger partial charge on any atom is -0.471 e. The second-order valence-corrected chi connectivity index (χ2v) is 10.7. The van der Waals surface area contributed by atoms with E-state index in [0.29, 0.717) is 25.5 Å². The number of pyridine rings is 1. The second-order valence-electron chi connectivity index (χ2n) is 8.85. The van der Waals surface area contributed by atoms with Crippen molar-refractivity contribution in [2.75, 3.05) is 18.4 Å². The first-order chi connectivity index (χ1) is 16.4. The van der Waals surface area contributed by atoms with E-state index >= 15 is 0 Å². The molecule has 0 aromatic carbocycles. The third-order valence-electron chi connectivity index (χ3n) is 6.22. The van der Waals surface area contributed by atoms with Crippen LogP contribution in [0.15, 0.2) is 35.6 Å². The number of piperidine rings is 1. The summed E-state index contributed by atoms with van der Waals surface area (Å²) in [6.45, 7) is 0.982. The maximum absolute atomic E-state index is 14.9. The minimum absolute atomic E-state index is 0.0190. The number of hydrogen-bond donors (Lipinski definition) is 2. The van der Waals surface area contributed by atoms with E-state index in [1.807, 2.05) is 0 Å². The standard InChI is InChI=1S/C21H25F4N5O4S/c1-20(31)8-4-5-16(20)34-18-13(21(23,24)25)11-27-19(29-18)28-15-7-10-30(12-14(15)22)35(32,33)17-6-2-3-9-26-17/h2-3,6,9,11,14-16,31H,4-5,7-8,10,12H2,1H3,(H,27,28,29)/t14-,15+,16?,20?/m1/s1. The van der Waals surface area contributed by atoms with E-state index in [1.54, 1.807) is 6.07 Å². The summed E-state index contributed by atoms with van der Waals surface area (Å²) in [6.07, 6.45) is -4.18. The van der Waals surface area contributed by atoms with Crippen molar-refractivity contribution in [2.24, 2.45) is 0 Å². The smallest absolute Gasteiger partial charge is 0.423 e. The van der Waals surface area contributed by atoms with Gasteiger partial charge in [0.15, 0.2) is 5.03 Å². The quantitative estimate of drug-likeness (QED) is 0.560. The highest BCUT2D eigenvalue weighted by Crippen LogP contribution is 2.39.